The molecule has 132 valence electrons. The zero-order chi connectivity index (χ0) is 18.3. The van der Waals surface area contributed by atoms with E-state index in [1.54, 1.807) is 24.4 Å². The van der Waals surface area contributed by atoms with Gasteiger partial charge in [0.15, 0.2) is 5.82 Å². The van der Waals surface area contributed by atoms with E-state index in [2.05, 4.69) is 15.3 Å². The van der Waals surface area contributed by atoms with E-state index in [-0.39, 0.29) is 10.7 Å². The fraction of sp³-hybridized carbons (Fsp3) is 0.111. The Bertz CT molecular complexity index is 1100. The maximum absolute atomic E-state index is 14.2. The van der Waals surface area contributed by atoms with Gasteiger partial charge in [0.1, 0.15) is 17.2 Å². The summed E-state index contributed by atoms with van der Waals surface area (Å²) in [6.07, 6.45) is 2.26. The number of nitrogens with one attached hydrogen (secondary N) is 1. The van der Waals surface area contributed by atoms with E-state index >= 15 is 0 Å². The van der Waals surface area contributed by atoms with Crippen molar-refractivity contribution in [2.75, 3.05) is 17.6 Å². The number of nitrogen functional groups attached to an aromatic ring is 1. The van der Waals surface area contributed by atoms with Crippen LogP contribution in [0.15, 0.2) is 42.6 Å². The van der Waals surface area contributed by atoms with Crippen molar-refractivity contribution in [2.45, 2.75) is 6.42 Å². The van der Waals surface area contributed by atoms with E-state index in [1.807, 2.05) is 16.5 Å². The molecule has 26 heavy (non-hydrogen) atoms. The zero-order valence-electron chi connectivity index (χ0n) is 13.7. The Balaban J connectivity index is 1.98. The third kappa shape index (κ3) is 2.71. The lowest BCUT2D eigenvalue weighted by Gasteiger charge is -2.13. The number of hydrogen-bond donors (Lipinski definition) is 3. The molecule has 0 amide bonds. The van der Waals surface area contributed by atoms with E-state index in [4.69, 9.17) is 23.1 Å². The van der Waals surface area contributed by atoms with Gasteiger partial charge >= 0.3 is 0 Å². The van der Waals surface area contributed by atoms with Gasteiger partial charge in [0.25, 0.3) is 0 Å². The number of para-hydroxylation sites is 1. The number of benzene rings is 2. The Labute approximate surface area is 153 Å². The van der Waals surface area contributed by atoms with Crippen molar-refractivity contribution in [1.82, 2.24) is 14.4 Å². The van der Waals surface area contributed by atoms with Crippen molar-refractivity contribution >= 4 is 45.3 Å². The maximum Gasteiger partial charge on any atom is 0.157 e. The van der Waals surface area contributed by atoms with Gasteiger partial charge in [-0.25, -0.2) is 14.4 Å². The number of nitrogens with zero attached hydrogens (tertiary/aromatic N) is 3. The molecule has 2 heterocycles. The van der Waals surface area contributed by atoms with Crippen molar-refractivity contribution in [2.24, 2.45) is 5.73 Å². The summed E-state index contributed by atoms with van der Waals surface area (Å²) in [5, 5.41) is 3.27. The molecule has 0 unspecified atom stereocenters. The van der Waals surface area contributed by atoms with E-state index in [9.17, 15) is 4.39 Å². The Hall–Kier alpha value is -2.90. The van der Waals surface area contributed by atoms with Crippen molar-refractivity contribution < 1.29 is 4.39 Å². The van der Waals surface area contributed by atoms with Gasteiger partial charge in [0, 0.05) is 12.1 Å². The first kappa shape index (κ1) is 16.6. The van der Waals surface area contributed by atoms with Crippen molar-refractivity contribution in [3.05, 3.63) is 59.3 Å². The summed E-state index contributed by atoms with van der Waals surface area (Å²) >= 11 is 6.14. The molecule has 0 aliphatic carbocycles. The smallest absolute Gasteiger partial charge is 0.157 e. The normalized spacial score (nSPS) is 11.3. The van der Waals surface area contributed by atoms with Crippen LogP contribution in [0.3, 0.4) is 0 Å². The van der Waals surface area contributed by atoms with Crippen LogP contribution in [0, 0.1) is 5.82 Å². The summed E-state index contributed by atoms with van der Waals surface area (Å²) in [5.74, 6) is 0.768. The number of aromatic nitrogens is 3. The number of halogens is 2. The van der Waals surface area contributed by atoms with E-state index in [0.717, 1.165) is 11.3 Å². The molecular formula is C18H16ClFN6. The van der Waals surface area contributed by atoms with Crippen LogP contribution in [0.4, 0.5) is 21.6 Å². The van der Waals surface area contributed by atoms with Crippen LogP contribution in [0.1, 0.15) is 5.82 Å². The second-order valence-corrected chi connectivity index (χ2v) is 6.27. The molecule has 0 bridgehead atoms. The highest BCUT2D eigenvalue weighted by Gasteiger charge is 2.16. The molecule has 8 heteroatoms. The lowest BCUT2D eigenvalue weighted by atomic mass is 10.2. The quantitative estimate of drug-likeness (QED) is 0.478. The Morgan fingerprint density at radius 3 is 2.81 bits per heavy atom. The Kier molecular flexibility index (Phi) is 4.10. The standard InChI is InChI=1S/C18H16ClFN6/c19-11-2-1-3-12(20)17(11)25-18-15-9-23-16(6-7-21)26(15)14-8-10(22)4-5-13(14)24-18/h1-5,8-9H,6-7,21-22H2,(H,24,25). The number of hydrogen-bond acceptors (Lipinski definition) is 5. The predicted molar refractivity (Wildman–Crippen MR) is 102 cm³/mol. The molecule has 0 saturated carbocycles. The Morgan fingerprint density at radius 2 is 2.04 bits per heavy atom. The highest BCUT2D eigenvalue weighted by molar-refractivity contribution is 6.33. The highest BCUT2D eigenvalue weighted by atomic mass is 35.5. The van der Waals surface area contributed by atoms with E-state index < -0.39 is 5.82 Å². The third-order valence-electron chi connectivity index (χ3n) is 4.12. The molecule has 0 aliphatic heterocycles. The fourth-order valence-electron chi connectivity index (χ4n) is 2.95. The molecule has 0 saturated heterocycles. The van der Waals surface area contributed by atoms with Gasteiger partial charge in [-0.1, -0.05) is 17.7 Å². The summed E-state index contributed by atoms with van der Waals surface area (Å²) < 4.78 is 16.1. The molecule has 2 aromatic heterocycles. The van der Waals surface area contributed by atoms with Gasteiger partial charge < -0.3 is 16.8 Å². The number of imidazole rings is 1. The zero-order valence-corrected chi connectivity index (χ0v) is 14.5. The fourth-order valence-corrected chi connectivity index (χ4v) is 3.16. The SMILES string of the molecule is NCCc1ncc2c(Nc3c(F)cccc3Cl)nc3ccc(N)cc3n12. The highest BCUT2D eigenvalue weighted by Crippen LogP contribution is 2.31. The number of nitrogens with two attached hydrogens (primary N) is 2. The lowest BCUT2D eigenvalue weighted by molar-refractivity contribution is 0.632. The van der Waals surface area contributed by atoms with Gasteiger partial charge in [-0.2, -0.15) is 0 Å². The number of rotatable bonds is 4. The number of fused-ring (bicyclic) bond motifs is 3. The Morgan fingerprint density at radius 1 is 1.19 bits per heavy atom. The van der Waals surface area contributed by atoms with Crippen LogP contribution in [-0.4, -0.2) is 20.9 Å². The minimum atomic E-state index is -0.462. The molecule has 2 aromatic carbocycles. The molecule has 0 radical (unpaired) electrons. The minimum absolute atomic E-state index is 0.167. The number of anilines is 3. The summed E-state index contributed by atoms with van der Waals surface area (Å²) in [4.78, 5) is 9.06. The second kappa shape index (κ2) is 6.44. The van der Waals surface area contributed by atoms with Crippen LogP contribution in [0.25, 0.3) is 16.6 Å². The van der Waals surface area contributed by atoms with Crippen molar-refractivity contribution in [1.29, 1.82) is 0 Å². The van der Waals surface area contributed by atoms with Crippen LogP contribution in [0.2, 0.25) is 5.02 Å². The monoisotopic (exact) mass is 370 g/mol. The molecule has 4 rings (SSSR count). The molecule has 6 nitrogen and oxygen atoms in total. The van der Waals surface area contributed by atoms with Gasteiger partial charge in [-0.05, 0) is 36.9 Å². The van der Waals surface area contributed by atoms with Crippen LogP contribution in [-0.2, 0) is 6.42 Å². The molecule has 4 aromatic rings. The summed E-state index contributed by atoms with van der Waals surface area (Å²) in [6, 6.07) is 9.90. The van der Waals surface area contributed by atoms with Crippen molar-refractivity contribution in [3.63, 3.8) is 0 Å². The third-order valence-corrected chi connectivity index (χ3v) is 4.44. The average Bonchev–Trinajstić information content (AvgIpc) is 3.03. The van der Waals surface area contributed by atoms with Gasteiger partial charge in [-0.3, -0.25) is 4.40 Å². The largest absolute Gasteiger partial charge is 0.399 e. The average molecular weight is 371 g/mol. The van der Waals surface area contributed by atoms with Crippen LogP contribution in [0.5, 0.6) is 0 Å². The summed E-state index contributed by atoms with van der Waals surface area (Å²) in [6.45, 7) is 0.452. The first-order chi connectivity index (χ1) is 12.6. The summed E-state index contributed by atoms with van der Waals surface area (Å²) in [7, 11) is 0. The van der Waals surface area contributed by atoms with E-state index in [0.29, 0.717) is 35.5 Å². The first-order valence-corrected chi connectivity index (χ1v) is 8.43. The van der Waals surface area contributed by atoms with Gasteiger partial charge in [0.05, 0.1) is 27.9 Å². The first-order valence-electron chi connectivity index (χ1n) is 8.05. The molecule has 0 atom stereocenters. The molecule has 0 fully saturated rings. The van der Waals surface area contributed by atoms with Crippen molar-refractivity contribution in [3.8, 4) is 0 Å². The molecular weight excluding hydrogens is 355 g/mol. The minimum Gasteiger partial charge on any atom is -0.399 e. The van der Waals surface area contributed by atoms with Crippen LogP contribution >= 0.6 is 11.6 Å². The molecule has 5 N–H and O–H groups in total. The van der Waals surface area contributed by atoms with E-state index in [1.165, 1.54) is 6.07 Å². The maximum atomic E-state index is 14.2. The molecule has 0 aliphatic rings. The summed E-state index contributed by atoms with van der Waals surface area (Å²) in [5.41, 5.74) is 14.6. The van der Waals surface area contributed by atoms with Gasteiger partial charge in [0.2, 0.25) is 0 Å². The predicted octanol–water partition coefficient (Wildman–Crippen LogP) is 3.50. The molecule has 0 spiro atoms. The topological polar surface area (TPSA) is 94.3 Å². The van der Waals surface area contributed by atoms with Gasteiger partial charge in [-0.15, -0.1) is 0 Å². The van der Waals surface area contributed by atoms with Crippen LogP contribution < -0.4 is 16.8 Å². The second-order valence-electron chi connectivity index (χ2n) is 5.86. The lowest BCUT2D eigenvalue weighted by Crippen LogP contribution is -2.08.